The van der Waals surface area contributed by atoms with Gasteiger partial charge in [0.05, 0.1) is 0 Å². The predicted octanol–water partition coefficient (Wildman–Crippen LogP) is 4.29. The number of halogens is 2. The zero-order valence-corrected chi connectivity index (χ0v) is 13.6. The van der Waals surface area contributed by atoms with Crippen LogP contribution in [0.25, 0.3) is 0 Å². The molecule has 20 heavy (non-hydrogen) atoms. The maximum Gasteiger partial charge on any atom is 0.124 e. The molecule has 0 radical (unpaired) electrons. The van der Waals surface area contributed by atoms with Crippen LogP contribution in [0, 0.1) is 9.39 Å². The van der Waals surface area contributed by atoms with Gasteiger partial charge < -0.3 is 10.1 Å². The largest absolute Gasteiger partial charge is 0.489 e. The van der Waals surface area contributed by atoms with Crippen molar-refractivity contribution in [3.05, 3.63) is 63.0 Å². The van der Waals surface area contributed by atoms with Crippen LogP contribution in [-0.2, 0) is 6.61 Å². The van der Waals surface area contributed by atoms with Crippen molar-refractivity contribution in [2.75, 3.05) is 7.05 Å². The Bertz CT molecular complexity index is 571. The maximum atomic E-state index is 13.4. The molecule has 0 fully saturated rings. The first-order chi connectivity index (χ1) is 9.60. The molecule has 2 aromatic rings. The molecule has 0 aromatic heterocycles. The lowest BCUT2D eigenvalue weighted by Gasteiger charge is -2.16. The normalized spacial score (nSPS) is 12.2. The van der Waals surface area contributed by atoms with E-state index in [1.54, 1.807) is 6.07 Å². The standard InChI is InChI=1S/C16H17FINO/c1-11(19-2)15-9-13(17)5-8-16(15)20-10-12-3-6-14(18)7-4-12/h3-9,11,19H,10H2,1-2H3. The lowest BCUT2D eigenvalue weighted by molar-refractivity contribution is 0.299. The summed E-state index contributed by atoms with van der Waals surface area (Å²) in [6.45, 7) is 2.46. The molecule has 0 amide bonds. The predicted molar refractivity (Wildman–Crippen MR) is 87.4 cm³/mol. The van der Waals surface area contributed by atoms with Crippen LogP contribution in [0.4, 0.5) is 4.39 Å². The van der Waals surface area contributed by atoms with Crippen LogP contribution >= 0.6 is 22.6 Å². The highest BCUT2D eigenvalue weighted by Crippen LogP contribution is 2.26. The summed E-state index contributed by atoms with van der Waals surface area (Å²) >= 11 is 2.27. The summed E-state index contributed by atoms with van der Waals surface area (Å²) in [5.74, 6) is 0.468. The minimum atomic E-state index is -0.247. The number of benzene rings is 2. The van der Waals surface area contributed by atoms with Gasteiger partial charge in [0.15, 0.2) is 0 Å². The van der Waals surface area contributed by atoms with Crippen molar-refractivity contribution in [2.24, 2.45) is 0 Å². The third-order valence-electron chi connectivity index (χ3n) is 3.18. The highest BCUT2D eigenvalue weighted by Gasteiger charge is 2.11. The van der Waals surface area contributed by atoms with E-state index in [-0.39, 0.29) is 11.9 Å². The van der Waals surface area contributed by atoms with Gasteiger partial charge in [-0.05, 0) is 72.5 Å². The molecule has 0 aliphatic rings. The van der Waals surface area contributed by atoms with E-state index >= 15 is 0 Å². The first kappa shape index (κ1) is 15.3. The van der Waals surface area contributed by atoms with Crippen LogP contribution < -0.4 is 10.1 Å². The molecule has 0 saturated heterocycles. The van der Waals surface area contributed by atoms with Crippen LogP contribution in [-0.4, -0.2) is 7.05 Å². The quantitative estimate of drug-likeness (QED) is 0.776. The third kappa shape index (κ3) is 3.93. The fourth-order valence-electron chi connectivity index (χ4n) is 1.89. The second kappa shape index (κ2) is 7.04. The van der Waals surface area contributed by atoms with E-state index in [0.717, 1.165) is 11.1 Å². The summed E-state index contributed by atoms with van der Waals surface area (Å²) in [4.78, 5) is 0. The topological polar surface area (TPSA) is 21.3 Å². The average molecular weight is 385 g/mol. The Kier molecular flexibility index (Phi) is 5.37. The molecule has 2 rings (SSSR count). The van der Waals surface area contributed by atoms with Crippen LogP contribution in [0.5, 0.6) is 5.75 Å². The minimum absolute atomic E-state index is 0.0393. The monoisotopic (exact) mass is 385 g/mol. The molecule has 2 aromatic carbocycles. The van der Waals surface area contributed by atoms with Gasteiger partial charge in [0.25, 0.3) is 0 Å². The maximum absolute atomic E-state index is 13.4. The molecule has 0 aliphatic carbocycles. The van der Waals surface area contributed by atoms with Gasteiger partial charge in [-0.15, -0.1) is 0 Å². The van der Waals surface area contributed by atoms with Crippen molar-refractivity contribution in [1.82, 2.24) is 5.32 Å². The third-order valence-corrected chi connectivity index (χ3v) is 3.90. The van der Waals surface area contributed by atoms with Crippen molar-refractivity contribution < 1.29 is 9.13 Å². The van der Waals surface area contributed by atoms with Gasteiger partial charge in [-0.1, -0.05) is 12.1 Å². The molecule has 0 bridgehead atoms. The Morgan fingerprint density at radius 1 is 1.20 bits per heavy atom. The molecule has 1 atom stereocenters. The van der Waals surface area contributed by atoms with Gasteiger partial charge >= 0.3 is 0 Å². The lowest BCUT2D eigenvalue weighted by Crippen LogP contribution is -2.14. The zero-order valence-electron chi connectivity index (χ0n) is 11.5. The SMILES string of the molecule is CNC(C)c1cc(F)ccc1OCc1ccc(I)cc1. The van der Waals surface area contributed by atoms with Crippen molar-refractivity contribution in [2.45, 2.75) is 19.6 Å². The van der Waals surface area contributed by atoms with Gasteiger partial charge in [-0.2, -0.15) is 0 Å². The van der Waals surface area contributed by atoms with E-state index in [1.807, 2.05) is 38.2 Å². The average Bonchev–Trinajstić information content (AvgIpc) is 2.46. The fraction of sp³-hybridized carbons (Fsp3) is 0.250. The smallest absolute Gasteiger partial charge is 0.124 e. The summed E-state index contributed by atoms with van der Waals surface area (Å²) in [6.07, 6.45) is 0. The first-order valence-electron chi connectivity index (χ1n) is 6.44. The van der Waals surface area contributed by atoms with Crippen molar-refractivity contribution in [3.8, 4) is 5.75 Å². The molecule has 0 aliphatic heterocycles. The molecule has 0 spiro atoms. The van der Waals surface area contributed by atoms with Crippen molar-refractivity contribution >= 4 is 22.6 Å². The summed E-state index contributed by atoms with van der Waals surface area (Å²) < 4.78 is 20.4. The molecule has 2 nitrogen and oxygen atoms in total. The Hall–Kier alpha value is -1.14. The Labute approximate surface area is 132 Å². The first-order valence-corrected chi connectivity index (χ1v) is 7.52. The molecule has 1 unspecified atom stereocenters. The minimum Gasteiger partial charge on any atom is -0.489 e. The molecule has 0 heterocycles. The molecule has 1 N–H and O–H groups in total. The van der Waals surface area contributed by atoms with E-state index in [9.17, 15) is 4.39 Å². The van der Waals surface area contributed by atoms with Gasteiger partial charge in [-0.25, -0.2) is 4.39 Å². The van der Waals surface area contributed by atoms with E-state index < -0.39 is 0 Å². The zero-order chi connectivity index (χ0) is 14.5. The van der Waals surface area contributed by atoms with Gasteiger partial charge in [0.1, 0.15) is 18.2 Å². The second-order valence-corrected chi connectivity index (χ2v) is 5.85. The molecule has 4 heteroatoms. The van der Waals surface area contributed by atoms with Crippen LogP contribution in [0.15, 0.2) is 42.5 Å². The van der Waals surface area contributed by atoms with Crippen LogP contribution in [0.1, 0.15) is 24.1 Å². The number of hydrogen-bond donors (Lipinski definition) is 1. The van der Waals surface area contributed by atoms with Crippen LogP contribution in [0.3, 0.4) is 0 Å². The molecular formula is C16H17FINO. The highest BCUT2D eigenvalue weighted by molar-refractivity contribution is 14.1. The number of nitrogens with one attached hydrogen (secondary N) is 1. The molecule has 106 valence electrons. The van der Waals surface area contributed by atoms with E-state index in [4.69, 9.17) is 4.74 Å². The molecule has 0 saturated carbocycles. The number of ether oxygens (including phenoxy) is 1. The summed E-state index contributed by atoms with van der Waals surface area (Å²) in [7, 11) is 1.85. The Morgan fingerprint density at radius 3 is 2.55 bits per heavy atom. The number of hydrogen-bond acceptors (Lipinski definition) is 2. The van der Waals surface area contributed by atoms with Crippen molar-refractivity contribution in [3.63, 3.8) is 0 Å². The lowest BCUT2D eigenvalue weighted by atomic mass is 10.1. The second-order valence-electron chi connectivity index (χ2n) is 4.61. The fourth-order valence-corrected chi connectivity index (χ4v) is 2.25. The molecular weight excluding hydrogens is 368 g/mol. The van der Waals surface area contributed by atoms with Gasteiger partial charge in [0, 0.05) is 15.2 Å². The summed E-state index contributed by atoms with van der Waals surface area (Å²) in [5.41, 5.74) is 1.93. The van der Waals surface area contributed by atoms with E-state index in [1.165, 1.54) is 15.7 Å². The van der Waals surface area contributed by atoms with Crippen molar-refractivity contribution in [1.29, 1.82) is 0 Å². The van der Waals surface area contributed by atoms with Gasteiger partial charge in [0.2, 0.25) is 0 Å². The van der Waals surface area contributed by atoms with E-state index in [2.05, 4.69) is 27.9 Å². The number of rotatable bonds is 5. The Balaban J connectivity index is 2.14. The van der Waals surface area contributed by atoms with Crippen LogP contribution in [0.2, 0.25) is 0 Å². The summed E-state index contributed by atoms with van der Waals surface area (Å²) in [6, 6.07) is 12.8. The van der Waals surface area contributed by atoms with E-state index in [0.29, 0.717) is 12.4 Å². The van der Waals surface area contributed by atoms with Gasteiger partial charge in [-0.3, -0.25) is 0 Å². The summed E-state index contributed by atoms with van der Waals surface area (Å²) in [5, 5.41) is 3.11. The highest BCUT2D eigenvalue weighted by atomic mass is 127. The Morgan fingerprint density at radius 2 is 1.90 bits per heavy atom.